The van der Waals surface area contributed by atoms with Gasteiger partial charge in [0.15, 0.2) is 0 Å². The number of para-hydroxylation sites is 1. The average Bonchev–Trinajstić information content (AvgIpc) is 2.60. The molecule has 1 amide bonds. The molecule has 0 aliphatic rings. The highest BCUT2D eigenvalue weighted by Gasteiger charge is 2.09. The van der Waals surface area contributed by atoms with Crippen molar-refractivity contribution in [3.63, 3.8) is 0 Å². The fraction of sp³-hybridized carbons (Fsp3) is 0.105. The zero-order chi connectivity index (χ0) is 18.0. The summed E-state index contributed by atoms with van der Waals surface area (Å²) in [4.78, 5) is 32.9. The topological polar surface area (TPSA) is 86.3 Å². The Morgan fingerprint density at radius 3 is 2.56 bits per heavy atom. The fourth-order valence-corrected chi connectivity index (χ4v) is 2.38. The summed E-state index contributed by atoms with van der Waals surface area (Å²) < 4.78 is 0. The number of hydrogen-bond donors (Lipinski definition) is 2. The molecule has 2 aromatic carbocycles. The van der Waals surface area contributed by atoms with Gasteiger partial charge in [-0.25, -0.2) is 4.98 Å². The second-order valence-corrected chi connectivity index (χ2v) is 5.77. The minimum absolute atomic E-state index is 0.137. The number of amides is 1. The molecule has 0 radical (unpaired) electrons. The number of phenols is 1. The first kappa shape index (κ1) is 16.4. The van der Waals surface area contributed by atoms with E-state index in [2.05, 4.69) is 9.97 Å². The molecule has 126 valence electrons. The molecule has 0 bridgehead atoms. The molecule has 3 aromatic rings. The van der Waals surface area contributed by atoms with Gasteiger partial charge in [-0.1, -0.05) is 12.1 Å². The zero-order valence-electron chi connectivity index (χ0n) is 13.9. The van der Waals surface area contributed by atoms with Crippen LogP contribution >= 0.6 is 0 Å². The highest BCUT2D eigenvalue weighted by atomic mass is 16.3. The zero-order valence-corrected chi connectivity index (χ0v) is 13.9. The maximum Gasteiger partial charge on any atom is 0.259 e. The normalized spacial score (nSPS) is 11.1. The van der Waals surface area contributed by atoms with Gasteiger partial charge in [0.2, 0.25) is 5.91 Å². The number of benzene rings is 2. The monoisotopic (exact) mass is 335 g/mol. The largest absolute Gasteiger partial charge is 0.508 e. The first-order chi connectivity index (χ1) is 12.0. The third kappa shape index (κ3) is 3.42. The quantitative estimate of drug-likeness (QED) is 0.720. The van der Waals surface area contributed by atoms with Crippen LogP contribution < -0.4 is 5.56 Å². The molecule has 0 aliphatic heterocycles. The van der Waals surface area contributed by atoms with Crippen LogP contribution in [0.1, 0.15) is 5.56 Å². The lowest BCUT2D eigenvalue weighted by atomic mass is 10.1. The minimum Gasteiger partial charge on any atom is -0.508 e. The molecule has 2 N–H and O–H groups in total. The van der Waals surface area contributed by atoms with Crippen molar-refractivity contribution in [3.05, 3.63) is 64.5 Å². The Kier molecular flexibility index (Phi) is 4.35. The highest BCUT2D eigenvalue weighted by Crippen LogP contribution is 2.21. The molecule has 0 atom stereocenters. The number of fused-ring (bicyclic) bond motifs is 1. The van der Waals surface area contributed by atoms with E-state index in [1.54, 1.807) is 50.5 Å². The predicted octanol–water partition coefficient (Wildman–Crippen LogP) is 2.40. The first-order valence-electron chi connectivity index (χ1n) is 7.67. The average molecular weight is 335 g/mol. The van der Waals surface area contributed by atoms with Crippen LogP contribution in [0, 0.1) is 0 Å². The number of H-pyrrole nitrogens is 1. The number of rotatable bonds is 3. The summed E-state index contributed by atoms with van der Waals surface area (Å²) in [6.45, 7) is 0. The van der Waals surface area contributed by atoms with Crippen molar-refractivity contribution in [2.24, 2.45) is 0 Å². The van der Waals surface area contributed by atoms with Crippen molar-refractivity contribution in [1.29, 1.82) is 0 Å². The number of phenolic OH excluding ortho intramolecular Hbond substituents is 1. The molecular formula is C19H17N3O3. The summed E-state index contributed by atoms with van der Waals surface area (Å²) in [7, 11) is 3.34. The summed E-state index contributed by atoms with van der Waals surface area (Å²) in [5.74, 6) is 0.385. The maximum atomic E-state index is 12.4. The lowest BCUT2D eigenvalue weighted by molar-refractivity contribution is -0.123. The van der Waals surface area contributed by atoms with Gasteiger partial charge in [0.05, 0.1) is 10.9 Å². The van der Waals surface area contributed by atoms with Crippen molar-refractivity contribution >= 4 is 22.9 Å². The summed E-state index contributed by atoms with van der Waals surface area (Å²) in [6, 6.07) is 11.6. The van der Waals surface area contributed by atoms with E-state index in [0.29, 0.717) is 27.9 Å². The first-order valence-corrected chi connectivity index (χ1v) is 7.67. The van der Waals surface area contributed by atoms with Gasteiger partial charge in [-0.3, -0.25) is 9.59 Å². The molecule has 0 aliphatic carbocycles. The van der Waals surface area contributed by atoms with E-state index >= 15 is 0 Å². The molecule has 0 saturated carbocycles. The van der Waals surface area contributed by atoms with Gasteiger partial charge in [0.1, 0.15) is 11.6 Å². The van der Waals surface area contributed by atoms with Crippen molar-refractivity contribution in [2.45, 2.75) is 0 Å². The van der Waals surface area contributed by atoms with Crippen LogP contribution in [0.4, 0.5) is 0 Å². The van der Waals surface area contributed by atoms with E-state index < -0.39 is 0 Å². The highest BCUT2D eigenvalue weighted by molar-refractivity contribution is 5.95. The van der Waals surface area contributed by atoms with Crippen LogP contribution in [0.2, 0.25) is 0 Å². The van der Waals surface area contributed by atoms with Gasteiger partial charge in [-0.15, -0.1) is 0 Å². The molecule has 25 heavy (non-hydrogen) atoms. The van der Waals surface area contributed by atoms with E-state index in [0.717, 1.165) is 0 Å². The predicted molar refractivity (Wildman–Crippen MR) is 97.2 cm³/mol. The van der Waals surface area contributed by atoms with Crippen LogP contribution in [-0.2, 0) is 4.79 Å². The van der Waals surface area contributed by atoms with Crippen molar-refractivity contribution in [1.82, 2.24) is 14.9 Å². The number of aromatic amines is 1. The van der Waals surface area contributed by atoms with Gasteiger partial charge < -0.3 is 15.0 Å². The van der Waals surface area contributed by atoms with Crippen LogP contribution in [0.5, 0.6) is 5.75 Å². The van der Waals surface area contributed by atoms with Crippen molar-refractivity contribution in [2.75, 3.05) is 14.1 Å². The summed E-state index contributed by atoms with van der Waals surface area (Å²) >= 11 is 0. The molecular weight excluding hydrogens is 318 g/mol. The Bertz CT molecular complexity index is 1020. The Morgan fingerprint density at radius 2 is 1.88 bits per heavy atom. The molecule has 6 nitrogen and oxygen atoms in total. The van der Waals surface area contributed by atoms with E-state index in [1.807, 2.05) is 0 Å². The van der Waals surface area contributed by atoms with Crippen LogP contribution in [0.15, 0.2) is 53.3 Å². The van der Waals surface area contributed by atoms with Gasteiger partial charge in [-0.2, -0.15) is 0 Å². The molecule has 6 heteroatoms. The van der Waals surface area contributed by atoms with Crippen molar-refractivity contribution in [3.8, 4) is 17.1 Å². The van der Waals surface area contributed by atoms with Crippen LogP contribution in [0.25, 0.3) is 28.4 Å². The number of carbonyl (C=O) groups is 1. The fourth-order valence-electron chi connectivity index (χ4n) is 2.38. The number of carbonyl (C=O) groups excluding carboxylic acids is 1. The number of nitrogens with one attached hydrogen (secondary N) is 1. The second-order valence-electron chi connectivity index (χ2n) is 5.77. The van der Waals surface area contributed by atoms with E-state index in [4.69, 9.17) is 0 Å². The lowest BCUT2D eigenvalue weighted by Crippen LogP contribution is -2.18. The van der Waals surface area contributed by atoms with Gasteiger partial charge >= 0.3 is 0 Å². The number of nitrogens with zero attached hydrogens (tertiary/aromatic N) is 2. The van der Waals surface area contributed by atoms with Gasteiger partial charge in [0, 0.05) is 31.3 Å². The van der Waals surface area contributed by atoms with Crippen molar-refractivity contribution < 1.29 is 9.90 Å². The Balaban J connectivity index is 2.15. The molecule has 0 saturated heterocycles. The summed E-state index contributed by atoms with van der Waals surface area (Å²) in [5.41, 5.74) is 1.61. The molecule has 3 rings (SSSR count). The van der Waals surface area contributed by atoms with Crippen LogP contribution in [0.3, 0.4) is 0 Å². The maximum absolute atomic E-state index is 12.4. The number of aromatic nitrogens is 2. The summed E-state index contributed by atoms with van der Waals surface area (Å²) in [5, 5.41) is 9.85. The smallest absolute Gasteiger partial charge is 0.259 e. The third-order valence-corrected chi connectivity index (χ3v) is 3.75. The van der Waals surface area contributed by atoms with E-state index in [9.17, 15) is 14.7 Å². The molecule has 0 fully saturated rings. The Morgan fingerprint density at radius 1 is 1.16 bits per heavy atom. The molecule has 0 unspecified atom stereocenters. The number of hydrogen-bond acceptors (Lipinski definition) is 4. The Hall–Kier alpha value is -3.41. The standard InChI is InChI=1S/C19H17N3O3/c1-22(2)16(24)11-8-12-4-3-5-15-17(12)20-18(21-19(15)25)13-6-9-14(23)10-7-13/h3-11,23H,1-2H3,(H,20,21,25)/b11-8+. The lowest BCUT2D eigenvalue weighted by Gasteiger charge is -2.07. The number of aromatic hydroxyl groups is 1. The van der Waals surface area contributed by atoms with Gasteiger partial charge in [-0.05, 0) is 36.4 Å². The second kappa shape index (κ2) is 6.60. The number of likely N-dealkylation sites (N-methyl/N-ethyl adjacent to an activating group) is 1. The Labute approximate surface area is 144 Å². The minimum atomic E-state index is -0.262. The SMILES string of the molecule is CN(C)C(=O)/C=C/c1cccc2c(=O)[nH]c(-c3ccc(O)cc3)nc12. The molecule has 0 spiro atoms. The van der Waals surface area contributed by atoms with E-state index in [1.165, 1.54) is 23.1 Å². The van der Waals surface area contributed by atoms with Crippen LogP contribution in [-0.4, -0.2) is 40.0 Å². The van der Waals surface area contributed by atoms with E-state index in [-0.39, 0.29) is 17.2 Å². The summed E-state index contributed by atoms with van der Waals surface area (Å²) in [6.07, 6.45) is 3.09. The molecule has 1 aromatic heterocycles. The third-order valence-electron chi connectivity index (χ3n) is 3.75. The molecule has 1 heterocycles. The van der Waals surface area contributed by atoms with Gasteiger partial charge in [0.25, 0.3) is 5.56 Å².